The fraction of sp³-hybridized carbons (Fsp3) is 0.167. The molecule has 1 N–H and O–H groups in total. The Morgan fingerprint density at radius 1 is 1.29 bits per heavy atom. The molecule has 0 spiro atoms. The third kappa shape index (κ3) is 2.97. The van der Waals surface area contributed by atoms with Crippen molar-refractivity contribution in [3.05, 3.63) is 50.7 Å². The van der Waals surface area contributed by atoms with E-state index in [0.717, 1.165) is 10.2 Å². The molecule has 0 aliphatic rings. The molecule has 0 aliphatic heterocycles. The van der Waals surface area contributed by atoms with Crippen molar-refractivity contribution in [2.45, 2.75) is 6.54 Å². The number of aryl methyl sites for hydroxylation is 1. The van der Waals surface area contributed by atoms with Crippen molar-refractivity contribution in [3.63, 3.8) is 0 Å². The highest BCUT2D eigenvalue weighted by Gasteiger charge is 2.07. The molecule has 2 aromatic rings. The molecule has 0 amide bonds. The van der Waals surface area contributed by atoms with Crippen LogP contribution in [-0.2, 0) is 13.6 Å². The van der Waals surface area contributed by atoms with Gasteiger partial charge in [-0.05, 0) is 24.3 Å². The quantitative estimate of drug-likeness (QED) is 0.861. The monoisotopic (exact) mass is 332 g/mol. The van der Waals surface area contributed by atoms with Crippen LogP contribution in [0, 0.1) is 0 Å². The van der Waals surface area contributed by atoms with Crippen molar-refractivity contribution >= 4 is 44.8 Å². The standard InChI is InChI=1S/C12H11BrCl2N2/c1-17-4-2-3-9(17)7-16-12-10(14)5-8(13)6-11(12)15/h2-6,16H,7H2,1H3. The van der Waals surface area contributed by atoms with Crippen molar-refractivity contribution in [2.75, 3.05) is 5.32 Å². The van der Waals surface area contributed by atoms with Gasteiger partial charge in [0.15, 0.2) is 0 Å². The van der Waals surface area contributed by atoms with E-state index in [4.69, 9.17) is 23.2 Å². The van der Waals surface area contributed by atoms with E-state index in [2.05, 4.69) is 21.2 Å². The van der Waals surface area contributed by atoms with Gasteiger partial charge in [-0.3, -0.25) is 0 Å². The number of aromatic nitrogens is 1. The molecule has 0 atom stereocenters. The zero-order chi connectivity index (χ0) is 12.4. The summed E-state index contributed by atoms with van der Waals surface area (Å²) in [6, 6.07) is 7.69. The zero-order valence-electron chi connectivity index (χ0n) is 9.17. The normalized spacial score (nSPS) is 10.6. The van der Waals surface area contributed by atoms with Crippen LogP contribution < -0.4 is 5.32 Å². The summed E-state index contributed by atoms with van der Waals surface area (Å²) >= 11 is 15.6. The predicted octanol–water partition coefficient (Wildman–Crippen LogP) is 4.71. The second kappa shape index (κ2) is 5.34. The van der Waals surface area contributed by atoms with Crippen LogP contribution in [0.3, 0.4) is 0 Å². The summed E-state index contributed by atoms with van der Waals surface area (Å²) in [7, 11) is 2.00. The van der Waals surface area contributed by atoms with Crippen LogP contribution in [-0.4, -0.2) is 4.57 Å². The fourth-order valence-corrected chi connectivity index (χ4v) is 2.91. The average Bonchev–Trinajstić information content (AvgIpc) is 2.62. The molecule has 5 heteroatoms. The molecule has 0 radical (unpaired) electrons. The molecular formula is C12H11BrCl2N2. The minimum Gasteiger partial charge on any atom is -0.377 e. The molecule has 90 valence electrons. The van der Waals surface area contributed by atoms with E-state index in [1.807, 2.05) is 42.1 Å². The molecule has 1 heterocycles. The van der Waals surface area contributed by atoms with E-state index in [0.29, 0.717) is 16.6 Å². The molecule has 0 bridgehead atoms. The van der Waals surface area contributed by atoms with Crippen molar-refractivity contribution in [2.24, 2.45) is 7.05 Å². The number of halogens is 3. The van der Waals surface area contributed by atoms with Gasteiger partial charge in [0.2, 0.25) is 0 Å². The summed E-state index contributed by atoms with van der Waals surface area (Å²) in [6.45, 7) is 0.685. The van der Waals surface area contributed by atoms with E-state index in [1.165, 1.54) is 5.69 Å². The maximum absolute atomic E-state index is 6.13. The molecule has 0 unspecified atom stereocenters. The number of anilines is 1. The Kier molecular flexibility index (Phi) is 4.02. The number of hydrogen-bond acceptors (Lipinski definition) is 1. The van der Waals surface area contributed by atoms with Crippen molar-refractivity contribution in [3.8, 4) is 0 Å². The van der Waals surface area contributed by atoms with E-state index in [9.17, 15) is 0 Å². The molecule has 0 aliphatic carbocycles. The minimum absolute atomic E-state index is 0.610. The van der Waals surface area contributed by atoms with E-state index in [-0.39, 0.29) is 0 Å². The van der Waals surface area contributed by atoms with Crippen molar-refractivity contribution in [1.29, 1.82) is 0 Å². The first kappa shape index (κ1) is 12.8. The third-order valence-corrected chi connectivity index (χ3v) is 3.56. The second-order valence-electron chi connectivity index (χ2n) is 3.71. The highest BCUT2D eigenvalue weighted by molar-refractivity contribution is 9.10. The largest absolute Gasteiger partial charge is 0.377 e. The third-order valence-electron chi connectivity index (χ3n) is 2.50. The first-order valence-corrected chi connectivity index (χ1v) is 6.61. The topological polar surface area (TPSA) is 17.0 Å². The summed E-state index contributed by atoms with van der Waals surface area (Å²) in [6.07, 6.45) is 2.00. The lowest BCUT2D eigenvalue weighted by atomic mass is 10.3. The minimum atomic E-state index is 0.610. The molecule has 1 aromatic heterocycles. The molecule has 1 aromatic carbocycles. The number of benzene rings is 1. The highest BCUT2D eigenvalue weighted by Crippen LogP contribution is 2.34. The summed E-state index contributed by atoms with van der Waals surface area (Å²) < 4.78 is 2.92. The van der Waals surface area contributed by atoms with Gasteiger partial charge in [-0.1, -0.05) is 39.1 Å². The van der Waals surface area contributed by atoms with Crippen LogP contribution >= 0.6 is 39.1 Å². The van der Waals surface area contributed by atoms with Gasteiger partial charge in [0.1, 0.15) is 0 Å². The average molecular weight is 334 g/mol. The summed E-state index contributed by atoms with van der Waals surface area (Å²) in [5.74, 6) is 0. The van der Waals surface area contributed by atoms with Crippen LogP contribution in [0.5, 0.6) is 0 Å². The Balaban J connectivity index is 2.17. The van der Waals surface area contributed by atoms with Gasteiger partial charge >= 0.3 is 0 Å². The Bertz CT molecular complexity index is 514. The Labute approximate surface area is 119 Å². The lowest BCUT2D eigenvalue weighted by molar-refractivity contribution is 0.842. The van der Waals surface area contributed by atoms with Crippen LogP contribution in [0.4, 0.5) is 5.69 Å². The summed E-state index contributed by atoms with van der Waals surface area (Å²) in [5, 5.41) is 4.47. The van der Waals surface area contributed by atoms with Gasteiger partial charge < -0.3 is 9.88 Å². The molecule has 2 nitrogen and oxygen atoms in total. The van der Waals surface area contributed by atoms with Gasteiger partial charge in [0.25, 0.3) is 0 Å². The van der Waals surface area contributed by atoms with E-state index < -0.39 is 0 Å². The first-order chi connectivity index (χ1) is 8.08. The van der Waals surface area contributed by atoms with Crippen LogP contribution in [0.25, 0.3) is 0 Å². The Hall–Kier alpha value is -0.640. The van der Waals surface area contributed by atoms with Crippen LogP contribution in [0.2, 0.25) is 10.0 Å². The van der Waals surface area contributed by atoms with E-state index >= 15 is 0 Å². The Morgan fingerprint density at radius 3 is 2.47 bits per heavy atom. The summed E-state index contributed by atoms with van der Waals surface area (Å²) in [5.41, 5.74) is 1.93. The number of rotatable bonds is 3. The highest BCUT2D eigenvalue weighted by atomic mass is 79.9. The fourth-order valence-electron chi connectivity index (χ4n) is 1.57. The zero-order valence-corrected chi connectivity index (χ0v) is 12.3. The van der Waals surface area contributed by atoms with Gasteiger partial charge in [-0.2, -0.15) is 0 Å². The number of nitrogens with one attached hydrogen (secondary N) is 1. The van der Waals surface area contributed by atoms with Gasteiger partial charge in [0.05, 0.1) is 22.3 Å². The van der Waals surface area contributed by atoms with E-state index in [1.54, 1.807) is 0 Å². The van der Waals surface area contributed by atoms with Crippen LogP contribution in [0.1, 0.15) is 5.69 Å². The molecule has 2 rings (SSSR count). The molecule has 0 fully saturated rings. The SMILES string of the molecule is Cn1cccc1CNc1c(Cl)cc(Br)cc1Cl. The summed E-state index contributed by atoms with van der Waals surface area (Å²) in [4.78, 5) is 0. The Morgan fingerprint density at radius 2 is 1.94 bits per heavy atom. The molecule has 17 heavy (non-hydrogen) atoms. The van der Waals surface area contributed by atoms with Crippen molar-refractivity contribution < 1.29 is 0 Å². The number of hydrogen-bond donors (Lipinski definition) is 1. The van der Waals surface area contributed by atoms with Gasteiger partial charge in [-0.15, -0.1) is 0 Å². The molecule has 0 saturated heterocycles. The van der Waals surface area contributed by atoms with Crippen LogP contribution in [0.15, 0.2) is 34.9 Å². The number of nitrogens with zero attached hydrogens (tertiary/aromatic N) is 1. The smallest absolute Gasteiger partial charge is 0.0722 e. The van der Waals surface area contributed by atoms with Crippen molar-refractivity contribution in [1.82, 2.24) is 4.57 Å². The second-order valence-corrected chi connectivity index (χ2v) is 5.44. The lowest BCUT2D eigenvalue weighted by Gasteiger charge is -2.11. The first-order valence-electron chi connectivity index (χ1n) is 5.06. The lowest BCUT2D eigenvalue weighted by Crippen LogP contribution is -2.04. The predicted molar refractivity (Wildman–Crippen MR) is 76.9 cm³/mol. The molecule has 0 saturated carbocycles. The van der Waals surface area contributed by atoms with Gasteiger partial charge in [0, 0.05) is 23.4 Å². The maximum Gasteiger partial charge on any atom is 0.0722 e. The maximum atomic E-state index is 6.13. The molecular weight excluding hydrogens is 323 g/mol. The van der Waals surface area contributed by atoms with Gasteiger partial charge in [-0.25, -0.2) is 0 Å².